The zero-order valence-corrected chi connectivity index (χ0v) is 13.2. The third-order valence-electron chi connectivity index (χ3n) is 4.52. The van der Waals surface area contributed by atoms with Crippen LogP contribution in [0.4, 0.5) is 0 Å². The summed E-state index contributed by atoms with van der Waals surface area (Å²) in [6.07, 6.45) is 5.21. The van der Waals surface area contributed by atoms with E-state index in [1.54, 1.807) is 11.2 Å². The van der Waals surface area contributed by atoms with E-state index >= 15 is 0 Å². The van der Waals surface area contributed by atoms with Crippen LogP contribution in [-0.4, -0.2) is 32.3 Å². The number of carbonyl (C=O) groups is 1. The van der Waals surface area contributed by atoms with Gasteiger partial charge in [0.05, 0.1) is 18.2 Å². The van der Waals surface area contributed by atoms with E-state index in [9.17, 15) is 4.79 Å². The molecule has 1 aromatic carbocycles. The summed E-state index contributed by atoms with van der Waals surface area (Å²) in [5, 5.41) is 0.990. The van der Waals surface area contributed by atoms with Gasteiger partial charge in [-0.1, -0.05) is 18.2 Å². The van der Waals surface area contributed by atoms with Crippen LogP contribution in [0.15, 0.2) is 58.0 Å². The topological polar surface area (TPSA) is 88.2 Å². The monoisotopic (exact) mass is 334 g/mol. The van der Waals surface area contributed by atoms with E-state index in [0.29, 0.717) is 18.7 Å². The van der Waals surface area contributed by atoms with Gasteiger partial charge < -0.3 is 18.7 Å². The van der Waals surface area contributed by atoms with Gasteiger partial charge in [0.15, 0.2) is 0 Å². The van der Waals surface area contributed by atoms with Crippen LogP contribution in [0.25, 0.3) is 11.0 Å². The number of H-pyrrole nitrogens is 1. The molecule has 1 aliphatic rings. The lowest BCUT2D eigenvalue weighted by Crippen LogP contribution is -2.40. The molecule has 0 fully saturated rings. The van der Waals surface area contributed by atoms with Gasteiger partial charge in [-0.05, 0) is 12.1 Å². The van der Waals surface area contributed by atoms with Gasteiger partial charge in [-0.25, -0.2) is 9.97 Å². The minimum Gasteiger partial charge on any atom is -0.458 e. The smallest absolute Gasteiger partial charge is 0.310 e. The van der Waals surface area contributed by atoms with Gasteiger partial charge in [0.1, 0.15) is 23.6 Å². The molecular formula is C18H14N4O3. The molecule has 1 amide bonds. The molecule has 0 radical (unpaired) electrons. The number of aromatic amines is 1. The predicted molar refractivity (Wildman–Crippen MR) is 87.9 cm³/mol. The van der Waals surface area contributed by atoms with E-state index in [1.807, 2.05) is 30.3 Å². The van der Waals surface area contributed by atoms with Crippen LogP contribution in [0.1, 0.15) is 33.9 Å². The molecule has 7 nitrogen and oxygen atoms in total. The number of hydrogen-bond donors (Lipinski definition) is 1. The first kappa shape index (κ1) is 14.0. The van der Waals surface area contributed by atoms with E-state index in [1.165, 1.54) is 12.5 Å². The van der Waals surface area contributed by atoms with Crippen LogP contribution in [-0.2, 0) is 6.42 Å². The molecule has 0 saturated carbocycles. The molecular weight excluding hydrogens is 320 g/mol. The summed E-state index contributed by atoms with van der Waals surface area (Å²) in [7, 11) is 0. The predicted octanol–water partition coefficient (Wildman–Crippen LogP) is 2.93. The molecule has 5 rings (SSSR count). The van der Waals surface area contributed by atoms with E-state index in [4.69, 9.17) is 8.83 Å². The number of para-hydroxylation sites is 1. The van der Waals surface area contributed by atoms with Crippen molar-refractivity contribution in [2.45, 2.75) is 12.5 Å². The normalized spacial score (nSPS) is 17.0. The van der Waals surface area contributed by atoms with Crippen molar-refractivity contribution in [3.05, 3.63) is 72.2 Å². The summed E-state index contributed by atoms with van der Waals surface area (Å²) in [5.41, 5.74) is 2.59. The lowest BCUT2D eigenvalue weighted by molar-refractivity contribution is 0.0632. The summed E-state index contributed by atoms with van der Waals surface area (Å²) in [6.45, 7) is 0.526. The van der Waals surface area contributed by atoms with Crippen molar-refractivity contribution >= 4 is 16.9 Å². The first-order chi connectivity index (χ1) is 12.3. The van der Waals surface area contributed by atoms with Gasteiger partial charge >= 0.3 is 5.91 Å². The number of oxazole rings is 1. The lowest BCUT2D eigenvalue weighted by Gasteiger charge is -2.32. The van der Waals surface area contributed by atoms with Crippen LogP contribution in [0, 0.1) is 0 Å². The molecule has 4 aromatic rings. The average molecular weight is 334 g/mol. The van der Waals surface area contributed by atoms with Gasteiger partial charge in [-0.3, -0.25) is 4.79 Å². The minimum absolute atomic E-state index is 0.0695. The standard InChI is InChI=1S/C18H14N4O3/c23-18(17-19-6-8-24-17)22-7-5-12-15(21-10-20-12)16(22)14-9-11-3-1-2-4-13(11)25-14/h1-4,6,8-10,16H,5,7H2,(H,20,21)/t16-/m1/s1. The van der Waals surface area contributed by atoms with E-state index < -0.39 is 6.04 Å². The second-order valence-corrected chi connectivity index (χ2v) is 5.94. The third kappa shape index (κ3) is 2.16. The number of amides is 1. The van der Waals surface area contributed by atoms with Crippen molar-refractivity contribution in [2.75, 3.05) is 6.54 Å². The van der Waals surface area contributed by atoms with Crippen LogP contribution >= 0.6 is 0 Å². The fraction of sp³-hybridized carbons (Fsp3) is 0.167. The van der Waals surface area contributed by atoms with Gasteiger partial charge in [0.2, 0.25) is 0 Å². The summed E-state index contributed by atoms with van der Waals surface area (Å²) >= 11 is 0. The summed E-state index contributed by atoms with van der Waals surface area (Å²) in [5.74, 6) is 0.471. The number of imidazole rings is 1. The number of aromatic nitrogens is 3. The highest BCUT2D eigenvalue weighted by atomic mass is 16.4. The number of rotatable bonds is 2. The Kier molecular flexibility index (Phi) is 3.00. The molecule has 1 atom stereocenters. The Morgan fingerprint density at radius 1 is 1.28 bits per heavy atom. The number of nitrogens with one attached hydrogen (secondary N) is 1. The Labute approximate surface area is 142 Å². The largest absolute Gasteiger partial charge is 0.458 e. The highest BCUT2D eigenvalue weighted by Crippen LogP contribution is 2.36. The van der Waals surface area contributed by atoms with Crippen molar-refractivity contribution in [1.82, 2.24) is 19.9 Å². The van der Waals surface area contributed by atoms with Crippen molar-refractivity contribution in [3.63, 3.8) is 0 Å². The number of benzene rings is 1. The third-order valence-corrected chi connectivity index (χ3v) is 4.52. The molecule has 3 aromatic heterocycles. The van der Waals surface area contributed by atoms with Gasteiger partial charge in [-0.2, -0.15) is 0 Å². The number of hydrogen-bond acceptors (Lipinski definition) is 5. The molecule has 25 heavy (non-hydrogen) atoms. The Bertz CT molecular complexity index is 1010. The molecule has 0 aliphatic carbocycles. The van der Waals surface area contributed by atoms with Crippen molar-refractivity contribution < 1.29 is 13.6 Å². The molecule has 124 valence electrons. The second-order valence-electron chi connectivity index (χ2n) is 5.94. The number of furan rings is 1. The molecule has 7 heteroatoms. The van der Waals surface area contributed by atoms with Gasteiger partial charge in [0, 0.05) is 24.0 Å². The fourth-order valence-corrected chi connectivity index (χ4v) is 3.37. The highest BCUT2D eigenvalue weighted by molar-refractivity contribution is 5.90. The number of carbonyl (C=O) groups excluding carboxylic acids is 1. The van der Waals surface area contributed by atoms with Crippen LogP contribution in [0.2, 0.25) is 0 Å². The summed E-state index contributed by atoms with van der Waals surface area (Å²) < 4.78 is 11.2. The second kappa shape index (κ2) is 5.34. The molecule has 0 unspecified atom stereocenters. The quantitative estimate of drug-likeness (QED) is 0.609. The van der Waals surface area contributed by atoms with Gasteiger partial charge in [0.25, 0.3) is 5.89 Å². The number of nitrogens with zero attached hydrogens (tertiary/aromatic N) is 3. The number of fused-ring (bicyclic) bond motifs is 2. The Morgan fingerprint density at radius 2 is 2.20 bits per heavy atom. The minimum atomic E-state index is -0.415. The highest BCUT2D eigenvalue weighted by Gasteiger charge is 2.38. The Hall–Kier alpha value is -3.35. The lowest BCUT2D eigenvalue weighted by atomic mass is 10.00. The molecule has 1 aliphatic heterocycles. The molecule has 4 heterocycles. The first-order valence-corrected chi connectivity index (χ1v) is 8.02. The van der Waals surface area contributed by atoms with Crippen molar-refractivity contribution in [2.24, 2.45) is 0 Å². The maximum atomic E-state index is 12.9. The van der Waals surface area contributed by atoms with E-state index in [0.717, 1.165) is 22.4 Å². The maximum Gasteiger partial charge on any atom is 0.310 e. The van der Waals surface area contributed by atoms with Crippen LogP contribution < -0.4 is 0 Å². The molecule has 0 bridgehead atoms. The average Bonchev–Trinajstić information content (AvgIpc) is 3.39. The Morgan fingerprint density at radius 3 is 3.04 bits per heavy atom. The van der Waals surface area contributed by atoms with Crippen molar-refractivity contribution in [3.8, 4) is 0 Å². The zero-order valence-electron chi connectivity index (χ0n) is 13.2. The van der Waals surface area contributed by atoms with Gasteiger partial charge in [-0.15, -0.1) is 0 Å². The first-order valence-electron chi connectivity index (χ1n) is 8.02. The summed E-state index contributed by atoms with van der Waals surface area (Å²) in [4.78, 5) is 26.2. The molecule has 0 saturated heterocycles. The van der Waals surface area contributed by atoms with Crippen molar-refractivity contribution in [1.29, 1.82) is 0 Å². The van der Waals surface area contributed by atoms with E-state index in [2.05, 4.69) is 15.0 Å². The molecule has 1 N–H and O–H groups in total. The van der Waals surface area contributed by atoms with Crippen LogP contribution in [0.3, 0.4) is 0 Å². The Balaban J connectivity index is 1.64. The SMILES string of the molecule is O=C(c1ncco1)N1CCc2[nH]cnc2[C@H]1c1cc2ccccc2o1. The van der Waals surface area contributed by atoms with Crippen LogP contribution in [0.5, 0.6) is 0 Å². The van der Waals surface area contributed by atoms with E-state index in [-0.39, 0.29) is 11.8 Å². The fourth-order valence-electron chi connectivity index (χ4n) is 3.37. The summed E-state index contributed by atoms with van der Waals surface area (Å²) in [6, 6.07) is 9.32. The molecule has 0 spiro atoms. The zero-order chi connectivity index (χ0) is 16.8. The maximum absolute atomic E-state index is 12.9.